The summed E-state index contributed by atoms with van der Waals surface area (Å²) in [6.07, 6.45) is 0. The summed E-state index contributed by atoms with van der Waals surface area (Å²) in [6, 6.07) is 5.08. The lowest BCUT2D eigenvalue weighted by Gasteiger charge is -2.07. The van der Waals surface area contributed by atoms with Gasteiger partial charge in [-0.2, -0.15) is 5.10 Å². The lowest BCUT2D eigenvalue weighted by Crippen LogP contribution is -2.13. The van der Waals surface area contributed by atoms with E-state index < -0.39 is 0 Å². The van der Waals surface area contributed by atoms with Crippen molar-refractivity contribution in [3.05, 3.63) is 44.6 Å². The molecule has 0 fully saturated rings. The average Bonchev–Trinajstić information content (AvgIpc) is 2.64. The van der Waals surface area contributed by atoms with Crippen molar-refractivity contribution in [2.45, 2.75) is 13.8 Å². The molecule has 0 aliphatic heterocycles. The van der Waals surface area contributed by atoms with Crippen LogP contribution in [0.25, 0.3) is 0 Å². The van der Waals surface area contributed by atoms with E-state index >= 15 is 0 Å². The zero-order valence-electron chi connectivity index (χ0n) is 9.84. The van der Waals surface area contributed by atoms with Crippen LogP contribution in [0.5, 0.6) is 0 Å². The zero-order chi connectivity index (χ0) is 13.3. The third-order valence-corrected chi connectivity index (χ3v) is 3.47. The Kier molecular flexibility index (Phi) is 3.73. The Morgan fingerprint density at radius 2 is 2.17 bits per heavy atom. The van der Waals surface area contributed by atoms with Crippen LogP contribution in [0.15, 0.2) is 22.7 Å². The summed E-state index contributed by atoms with van der Waals surface area (Å²) < 4.78 is 0.697. The summed E-state index contributed by atoms with van der Waals surface area (Å²) in [6.45, 7) is 3.68. The first-order valence-corrected chi connectivity index (χ1v) is 6.44. The molecule has 0 aliphatic rings. The number of H-pyrrole nitrogens is 1. The second kappa shape index (κ2) is 5.12. The summed E-state index contributed by atoms with van der Waals surface area (Å²) in [5.74, 6) is -0.225. The second-order valence-corrected chi connectivity index (χ2v) is 5.18. The van der Waals surface area contributed by atoms with Crippen LogP contribution in [0.3, 0.4) is 0 Å². The minimum absolute atomic E-state index is 0.225. The molecule has 18 heavy (non-hydrogen) atoms. The average molecular weight is 329 g/mol. The molecule has 2 aromatic rings. The smallest absolute Gasteiger partial charge is 0.256 e. The molecule has 0 unspecified atom stereocenters. The molecule has 0 saturated heterocycles. The van der Waals surface area contributed by atoms with Crippen LogP contribution < -0.4 is 5.32 Å². The number of anilines is 1. The van der Waals surface area contributed by atoms with Gasteiger partial charge in [0.05, 0.1) is 22.6 Å². The Hall–Kier alpha value is -1.33. The van der Waals surface area contributed by atoms with Crippen LogP contribution >= 0.6 is 27.5 Å². The van der Waals surface area contributed by atoms with Crippen molar-refractivity contribution in [3.63, 3.8) is 0 Å². The highest BCUT2D eigenvalue weighted by molar-refractivity contribution is 9.10. The monoisotopic (exact) mass is 327 g/mol. The number of halogens is 2. The highest BCUT2D eigenvalue weighted by atomic mass is 79.9. The van der Waals surface area contributed by atoms with Crippen LogP contribution in [0, 0.1) is 13.8 Å². The lowest BCUT2D eigenvalue weighted by molar-refractivity contribution is 0.102. The van der Waals surface area contributed by atoms with Crippen LogP contribution in [0.1, 0.15) is 21.7 Å². The van der Waals surface area contributed by atoms with Crippen molar-refractivity contribution in [3.8, 4) is 0 Å². The lowest BCUT2D eigenvalue weighted by atomic mass is 10.2. The van der Waals surface area contributed by atoms with Gasteiger partial charge in [0.2, 0.25) is 0 Å². The molecule has 4 nitrogen and oxygen atoms in total. The van der Waals surface area contributed by atoms with Gasteiger partial charge in [0.1, 0.15) is 0 Å². The van der Waals surface area contributed by atoms with Crippen LogP contribution in [-0.4, -0.2) is 16.1 Å². The van der Waals surface area contributed by atoms with Gasteiger partial charge in [0, 0.05) is 9.50 Å². The van der Waals surface area contributed by atoms with E-state index in [2.05, 4.69) is 31.4 Å². The number of hydrogen-bond acceptors (Lipinski definition) is 2. The van der Waals surface area contributed by atoms with Gasteiger partial charge in [-0.1, -0.05) is 11.6 Å². The number of hydrogen-bond donors (Lipinski definition) is 2. The fraction of sp³-hybridized carbons (Fsp3) is 0.167. The number of nitrogens with one attached hydrogen (secondary N) is 2. The molecule has 1 amide bonds. The highest BCUT2D eigenvalue weighted by Gasteiger charge is 2.14. The molecule has 2 N–H and O–H groups in total. The number of aromatic amines is 1. The normalized spacial score (nSPS) is 10.4. The van der Waals surface area contributed by atoms with Gasteiger partial charge in [0.15, 0.2) is 0 Å². The fourth-order valence-electron chi connectivity index (χ4n) is 1.59. The highest BCUT2D eigenvalue weighted by Crippen LogP contribution is 2.23. The van der Waals surface area contributed by atoms with Crippen LogP contribution in [0.4, 0.5) is 5.69 Å². The fourth-order valence-corrected chi connectivity index (χ4v) is 2.19. The number of carbonyl (C=O) groups excluding carboxylic acids is 1. The van der Waals surface area contributed by atoms with E-state index in [4.69, 9.17) is 11.6 Å². The van der Waals surface area contributed by atoms with Crippen molar-refractivity contribution in [1.29, 1.82) is 0 Å². The standard InChI is InChI=1S/C12H11BrClN3O/c1-6-11(7(2)17-16-6)15-12(18)9-5-8(14)3-4-10(9)13/h3-5H,1-2H3,(H,15,18)(H,16,17). The van der Waals surface area contributed by atoms with E-state index in [1.807, 2.05) is 13.8 Å². The van der Waals surface area contributed by atoms with E-state index in [1.54, 1.807) is 18.2 Å². The number of rotatable bonds is 2. The Labute approximate surface area is 118 Å². The first-order chi connectivity index (χ1) is 8.49. The minimum Gasteiger partial charge on any atom is -0.319 e. The largest absolute Gasteiger partial charge is 0.319 e. The molecule has 0 bridgehead atoms. The van der Waals surface area contributed by atoms with Gasteiger partial charge < -0.3 is 5.32 Å². The Bertz CT molecular complexity index is 590. The van der Waals surface area contributed by atoms with E-state index in [0.717, 1.165) is 11.4 Å². The van der Waals surface area contributed by atoms with Gasteiger partial charge in [-0.15, -0.1) is 0 Å². The Morgan fingerprint density at radius 1 is 1.44 bits per heavy atom. The molecular weight excluding hydrogens is 318 g/mol. The second-order valence-electron chi connectivity index (χ2n) is 3.89. The molecule has 2 rings (SSSR count). The first kappa shape index (κ1) is 13.1. The third-order valence-electron chi connectivity index (χ3n) is 2.54. The molecule has 0 aliphatic carbocycles. The van der Waals surface area contributed by atoms with Crippen molar-refractivity contribution in [1.82, 2.24) is 10.2 Å². The van der Waals surface area contributed by atoms with E-state index in [9.17, 15) is 4.79 Å². The van der Waals surface area contributed by atoms with E-state index in [1.165, 1.54) is 0 Å². The summed E-state index contributed by atoms with van der Waals surface area (Å²) in [5.41, 5.74) is 2.76. The van der Waals surface area contributed by atoms with Crippen molar-refractivity contribution < 1.29 is 4.79 Å². The number of aryl methyl sites for hydroxylation is 2. The summed E-state index contributed by atoms with van der Waals surface area (Å²) >= 11 is 9.22. The summed E-state index contributed by atoms with van der Waals surface area (Å²) in [5, 5.41) is 10.2. The molecule has 1 heterocycles. The van der Waals surface area contributed by atoms with E-state index in [-0.39, 0.29) is 5.91 Å². The minimum atomic E-state index is -0.225. The SMILES string of the molecule is Cc1n[nH]c(C)c1NC(=O)c1cc(Cl)ccc1Br. The number of aromatic nitrogens is 2. The maximum Gasteiger partial charge on any atom is 0.256 e. The topological polar surface area (TPSA) is 57.8 Å². The van der Waals surface area contributed by atoms with Gasteiger partial charge in [0.25, 0.3) is 5.91 Å². The molecular formula is C12H11BrClN3O. The number of carbonyl (C=O) groups is 1. The summed E-state index contributed by atoms with van der Waals surface area (Å²) in [7, 11) is 0. The number of nitrogens with zero attached hydrogens (tertiary/aromatic N) is 1. The van der Waals surface area contributed by atoms with Crippen molar-refractivity contribution in [2.75, 3.05) is 5.32 Å². The van der Waals surface area contributed by atoms with Gasteiger partial charge in [-0.3, -0.25) is 9.89 Å². The number of amides is 1. The third kappa shape index (κ3) is 2.57. The zero-order valence-corrected chi connectivity index (χ0v) is 12.2. The molecule has 0 atom stereocenters. The number of benzene rings is 1. The first-order valence-electron chi connectivity index (χ1n) is 5.27. The Morgan fingerprint density at radius 3 is 2.78 bits per heavy atom. The van der Waals surface area contributed by atoms with Gasteiger partial charge >= 0.3 is 0 Å². The maximum atomic E-state index is 12.1. The molecule has 0 saturated carbocycles. The van der Waals surface area contributed by atoms with Gasteiger partial charge in [-0.25, -0.2) is 0 Å². The maximum absolute atomic E-state index is 12.1. The predicted molar refractivity (Wildman–Crippen MR) is 75.2 cm³/mol. The van der Waals surface area contributed by atoms with Crippen molar-refractivity contribution in [2.24, 2.45) is 0 Å². The van der Waals surface area contributed by atoms with Crippen LogP contribution in [0.2, 0.25) is 5.02 Å². The molecule has 1 aromatic carbocycles. The molecule has 6 heteroatoms. The molecule has 0 spiro atoms. The molecule has 94 valence electrons. The van der Waals surface area contributed by atoms with Crippen molar-refractivity contribution >= 4 is 39.1 Å². The quantitative estimate of drug-likeness (QED) is 0.883. The van der Waals surface area contributed by atoms with Crippen LogP contribution in [-0.2, 0) is 0 Å². The molecule has 0 radical (unpaired) electrons. The predicted octanol–water partition coefficient (Wildman–Crippen LogP) is 3.69. The Balaban J connectivity index is 2.30. The van der Waals surface area contributed by atoms with Gasteiger partial charge in [-0.05, 0) is 48.0 Å². The molecule has 1 aromatic heterocycles. The summed E-state index contributed by atoms with van der Waals surface area (Å²) in [4.78, 5) is 12.1. The van der Waals surface area contributed by atoms with E-state index in [0.29, 0.717) is 20.7 Å².